The third kappa shape index (κ3) is 3.45. The normalized spacial score (nSPS) is 17.5. The smallest absolute Gasteiger partial charge is 0.336 e. The molecule has 2 heterocycles. The van der Waals surface area contributed by atoms with Gasteiger partial charge in [0.15, 0.2) is 0 Å². The van der Waals surface area contributed by atoms with Crippen molar-refractivity contribution in [3.8, 4) is 0 Å². The van der Waals surface area contributed by atoms with E-state index in [1.807, 2.05) is 0 Å². The van der Waals surface area contributed by atoms with E-state index in [4.69, 9.17) is 0 Å². The van der Waals surface area contributed by atoms with Crippen LogP contribution in [0.5, 0.6) is 0 Å². The summed E-state index contributed by atoms with van der Waals surface area (Å²) in [4.78, 5) is 13.5. The second-order valence-corrected chi connectivity index (χ2v) is 6.05. The highest BCUT2D eigenvalue weighted by molar-refractivity contribution is 9.10. The number of nitrogens with zero attached hydrogens (tertiary/aromatic N) is 4. The average Bonchev–Trinajstić information content (AvgIpc) is 2.37. The van der Waals surface area contributed by atoms with Gasteiger partial charge in [-0.05, 0) is 22.0 Å². The highest BCUT2D eigenvalue weighted by Gasteiger charge is 2.29. The molecular weight excluding hydrogens is 343 g/mol. The van der Waals surface area contributed by atoms with Crippen LogP contribution >= 0.6 is 15.9 Å². The lowest BCUT2D eigenvalue weighted by atomic mass is 10.2. The monoisotopic (exact) mass is 352 g/mol. The van der Waals surface area contributed by atoms with Crippen molar-refractivity contribution < 1.29 is 17.1 Å². The number of hydrogen-bond donors (Lipinski definition) is 0. The van der Waals surface area contributed by atoms with Gasteiger partial charge in [-0.1, -0.05) is 3.89 Å². The SMILES string of the molecule is O=C(c1cnnc(Br)c1)N1CCN(S(=O)(=O)F)CC1. The number of halogens is 2. The Bertz CT molecular complexity index is 589. The summed E-state index contributed by atoms with van der Waals surface area (Å²) in [6.45, 7) is 0.179. The van der Waals surface area contributed by atoms with Crippen LogP contribution in [0.1, 0.15) is 10.4 Å². The Labute approximate surface area is 117 Å². The number of piperazine rings is 1. The van der Waals surface area contributed by atoms with E-state index in [1.54, 1.807) is 0 Å². The van der Waals surface area contributed by atoms with Gasteiger partial charge >= 0.3 is 10.4 Å². The first-order valence-corrected chi connectivity index (χ1v) is 7.48. The van der Waals surface area contributed by atoms with Crippen molar-refractivity contribution in [1.29, 1.82) is 0 Å². The molecule has 0 N–H and O–H groups in total. The van der Waals surface area contributed by atoms with E-state index in [1.165, 1.54) is 17.2 Å². The highest BCUT2D eigenvalue weighted by Crippen LogP contribution is 2.13. The molecule has 7 nitrogen and oxygen atoms in total. The number of rotatable bonds is 2. The van der Waals surface area contributed by atoms with Gasteiger partial charge in [-0.3, -0.25) is 4.79 Å². The van der Waals surface area contributed by atoms with Crippen LogP contribution in [-0.2, 0) is 10.4 Å². The maximum Gasteiger partial charge on any atom is 0.374 e. The van der Waals surface area contributed by atoms with Gasteiger partial charge < -0.3 is 4.90 Å². The fraction of sp³-hybridized carbons (Fsp3) is 0.444. The molecular formula is C9H10BrFN4O3S. The van der Waals surface area contributed by atoms with E-state index in [9.17, 15) is 17.1 Å². The molecule has 1 aliphatic rings. The molecule has 0 spiro atoms. The molecule has 0 bridgehead atoms. The second-order valence-electron chi connectivity index (χ2n) is 3.90. The topological polar surface area (TPSA) is 83.5 Å². The van der Waals surface area contributed by atoms with Crippen LogP contribution in [-0.4, -0.2) is 59.9 Å². The Hall–Kier alpha value is -1.13. The molecule has 1 aromatic rings. The van der Waals surface area contributed by atoms with Gasteiger partial charge in [0.25, 0.3) is 5.91 Å². The predicted octanol–water partition coefficient (Wildman–Crippen LogP) is 0.211. The van der Waals surface area contributed by atoms with Crippen molar-refractivity contribution in [2.45, 2.75) is 0 Å². The Balaban J connectivity index is 2.04. The van der Waals surface area contributed by atoms with E-state index < -0.39 is 10.4 Å². The summed E-state index contributed by atoms with van der Waals surface area (Å²) in [7, 11) is -4.68. The van der Waals surface area contributed by atoms with E-state index in [0.29, 0.717) is 14.5 Å². The van der Waals surface area contributed by atoms with Gasteiger partial charge in [0.05, 0.1) is 11.8 Å². The van der Waals surface area contributed by atoms with E-state index in [2.05, 4.69) is 26.1 Å². The number of carbonyl (C=O) groups is 1. The van der Waals surface area contributed by atoms with Gasteiger partial charge in [0, 0.05) is 26.2 Å². The van der Waals surface area contributed by atoms with Crippen LogP contribution in [0.3, 0.4) is 0 Å². The predicted molar refractivity (Wildman–Crippen MR) is 67.2 cm³/mol. The van der Waals surface area contributed by atoms with Gasteiger partial charge in [0.2, 0.25) is 0 Å². The molecule has 0 aliphatic carbocycles. The molecule has 0 aromatic carbocycles. The first-order valence-electron chi connectivity index (χ1n) is 5.35. The molecule has 2 rings (SSSR count). The van der Waals surface area contributed by atoms with Crippen LogP contribution in [0.4, 0.5) is 3.89 Å². The molecule has 0 atom stereocenters. The Morgan fingerprint density at radius 3 is 2.47 bits per heavy atom. The van der Waals surface area contributed by atoms with E-state index >= 15 is 0 Å². The Morgan fingerprint density at radius 2 is 1.95 bits per heavy atom. The lowest BCUT2D eigenvalue weighted by Crippen LogP contribution is -2.49. The van der Waals surface area contributed by atoms with Crippen LogP contribution in [0.15, 0.2) is 16.9 Å². The largest absolute Gasteiger partial charge is 0.374 e. The van der Waals surface area contributed by atoms with Crippen LogP contribution in [0.2, 0.25) is 0 Å². The molecule has 0 radical (unpaired) electrons. The lowest BCUT2D eigenvalue weighted by molar-refractivity contribution is 0.0694. The van der Waals surface area contributed by atoms with Crippen molar-refractivity contribution in [2.75, 3.05) is 26.2 Å². The molecule has 10 heteroatoms. The minimum Gasteiger partial charge on any atom is -0.336 e. The number of carbonyl (C=O) groups excluding carboxylic acids is 1. The maximum atomic E-state index is 12.7. The molecule has 1 saturated heterocycles. The first-order chi connectivity index (χ1) is 8.88. The fourth-order valence-corrected chi connectivity index (χ4v) is 2.69. The molecule has 1 aromatic heterocycles. The van der Waals surface area contributed by atoms with E-state index in [-0.39, 0.29) is 32.1 Å². The van der Waals surface area contributed by atoms with Gasteiger partial charge in [0.1, 0.15) is 4.60 Å². The zero-order chi connectivity index (χ0) is 14.0. The number of amides is 1. The molecule has 1 aliphatic heterocycles. The molecule has 0 saturated carbocycles. The van der Waals surface area contributed by atoms with Crippen molar-refractivity contribution in [3.05, 3.63) is 22.4 Å². The molecule has 1 fully saturated rings. The van der Waals surface area contributed by atoms with E-state index in [0.717, 1.165) is 0 Å². The van der Waals surface area contributed by atoms with Crippen LogP contribution < -0.4 is 0 Å². The zero-order valence-electron chi connectivity index (χ0n) is 9.66. The molecule has 19 heavy (non-hydrogen) atoms. The number of hydrogen-bond acceptors (Lipinski definition) is 5. The summed E-state index contributed by atoms with van der Waals surface area (Å²) >= 11 is 3.11. The average molecular weight is 353 g/mol. The van der Waals surface area contributed by atoms with Crippen LogP contribution in [0, 0.1) is 0 Å². The molecule has 1 amide bonds. The summed E-state index contributed by atoms with van der Waals surface area (Å²) < 4.78 is 35.3. The minimum absolute atomic E-state index is 0.0513. The van der Waals surface area contributed by atoms with Gasteiger partial charge in [-0.25, -0.2) is 0 Å². The van der Waals surface area contributed by atoms with Crippen molar-refractivity contribution in [3.63, 3.8) is 0 Å². The summed E-state index contributed by atoms with van der Waals surface area (Å²) in [6, 6.07) is 1.52. The van der Waals surface area contributed by atoms with Gasteiger partial charge in [-0.15, -0.1) is 5.10 Å². The number of aromatic nitrogens is 2. The summed E-state index contributed by atoms with van der Waals surface area (Å²) in [6.07, 6.45) is 1.32. The summed E-state index contributed by atoms with van der Waals surface area (Å²) in [5.74, 6) is -0.286. The third-order valence-corrected chi connectivity index (χ3v) is 4.08. The van der Waals surface area contributed by atoms with Gasteiger partial charge in [-0.2, -0.15) is 17.8 Å². The second kappa shape index (κ2) is 5.47. The van der Waals surface area contributed by atoms with Crippen molar-refractivity contribution in [2.24, 2.45) is 0 Å². The fourth-order valence-electron chi connectivity index (χ4n) is 1.75. The van der Waals surface area contributed by atoms with Crippen LogP contribution in [0.25, 0.3) is 0 Å². The summed E-state index contributed by atoms with van der Waals surface area (Å²) in [5.41, 5.74) is 0.346. The Morgan fingerprint density at radius 1 is 1.32 bits per heavy atom. The lowest BCUT2D eigenvalue weighted by Gasteiger charge is -2.31. The third-order valence-electron chi connectivity index (χ3n) is 2.71. The minimum atomic E-state index is -4.68. The highest BCUT2D eigenvalue weighted by atomic mass is 79.9. The molecule has 104 valence electrons. The quantitative estimate of drug-likeness (QED) is 0.710. The Kier molecular flexibility index (Phi) is 4.11. The maximum absolute atomic E-state index is 12.7. The van der Waals surface area contributed by atoms with Crippen molar-refractivity contribution in [1.82, 2.24) is 19.4 Å². The molecule has 0 unspecified atom stereocenters. The zero-order valence-corrected chi connectivity index (χ0v) is 12.1. The summed E-state index contributed by atoms with van der Waals surface area (Å²) in [5, 5.41) is 7.31. The standard InChI is InChI=1S/C9H10BrFN4O3S/c10-8-5-7(6-12-13-8)9(16)14-1-3-15(4-2-14)19(11,17)18/h5-6H,1-4H2. The first kappa shape index (κ1) is 14.3. The van der Waals surface area contributed by atoms with Crippen molar-refractivity contribution >= 4 is 32.2 Å².